The molecule has 112 valence electrons. The summed E-state index contributed by atoms with van der Waals surface area (Å²) in [5.74, 6) is 0. The third-order valence-corrected chi connectivity index (χ3v) is 4.12. The zero-order valence-corrected chi connectivity index (χ0v) is 12.2. The zero-order valence-electron chi connectivity index (χ0n) is 12.2. The van der Waals surface area contributed by atoms with Crippen molar-refractivity contribution < 1.29 is 9.84 Å². The molecule has 0 aromatic carbocycles. The molecule has 20 heavy (non-hydrogen) atoms. The number of aliphatic hydroxyl groups excluding tert-OH is 1. The highest BCUT2D eigenvalue weighted by Crippen LogP contribution is 2.40. The van der Waals surface area contributed by atoms with Crippen LogP contribution in [0.25, 0.3) is 0 Å². The molecule has 0 aliphatic carbocycles. The molecule has 1 aromatic heterocycles. The molecular formula is C13H21N3O4. The fraction of sp³-hybridized carbons (Fsp3) is 0.692. The smallest absolute Gasteiger partial charge is 0.330 e. The minimum absolute atomic E-state index is 0.100. The maximum atomic E-state index is 12.0. The summed E-state index contributed by atoms with van der Waals surface area (Å²) < 4.78 is 7.19. The second kappa shape index (κ2) is 5.16. The van der Waals surface area contributed by atoms with Crippen LogP contribution in [0.2, 0.25) is 0 Å². The molecule has 1 fully saturated rings. The van der Waals surface area contributed by atoms with Gasteiger partial charge in [0.25, 0.3) is 5.56 Å². The molecule has 1 aliphatic rings. The number of nitrogens with one attached hydrogen (secondary N) is 1. The van der Waals surface area contributed by atoms with Gasteiger partial charge in [-0.2, -0.15) is 0 Å². The molecule has 7 nitrogen and oxygen atoms in total. The molecule has 0 radical (unpaired) electrons. The van der Waals surface area contributed by atoms with Crippen LogP contribution in [0.3, 0.4) is 0 Å². The van der Waals surface area contributed by atoms with E-state index in [1.165, 1.54) is 10.8 Å². The van der Waals surface area contributed by atoms with Crippen molar-refractivity contribution in [2.45, 2.75) is 38.1 Å². The number of likely N-dealkylation sites (N-methyl/N-ethyl adjacent to an activating group) is 1. The van der Waals surface area contributed by atoms with E-state index in [2.05, 4.69) is 4.98 Å². The van der Waals surface area contributed by atoms with E-state index in [1.807, 2.05) is 25.9 Å². The summed E-state index contributed by atoms with van der Waals surface area (Å²) in [5.41, 5.74) is -0.893. The number of aryl methyl sites for hydroxylation is 1. The highest BCUT2D eigenvalue weighted by molar-refractivity contribution is 5.05. The molecule has 0 spiro atoms. The van der Waals surface area contributed by atoms with Crippen LogP contribution in [0.5, 0.6) is 0 Å². The van der Waals surface area contributed by atoms with Gasteiger partial charge in [0.15, 0.2) is 6.23 Å². The molecule has 1 aliphatic heterocycles. The highest BCUT2D eigenvalue weighted by atomic mass is 16.5. The number of nitrogens with zero attached hydrogens (tertiary/aromatic N) is 2. The Bertz CT molecular complexity index is 606. The number of rotatable bonds is 3. The number of ether oxygens (including phenoxy) is 1. The molecule has 0 saturated carbocycles. The van der Waals surface area contributed by atoms with E-state index in [9.17, 15) is 14.7 Å². The minimum atomic E-state index is -0.558. The summed E-state index contributed by atoms with van der Waals surface area (Å²) in [7, 11) is 3.80. The van der Waals surface area contributed by atoms with Gasteiger partial charge in [-0.3, -0.25) is 19.2 Å². The van der Waals surface area contributed by atoms with Gasteiger partial charge in [-0.15, -0.1) is 0 Å². The Morgan fingerprint density at radius 1 is 1.55 bits per heavy atom. The van der Waals surface area contributed by atoms with Gasteiger partial charge in [0, 0.05) is 11.8 Å². The Labute approximate surface area is 116 Å². The highest BCUT2D eigenvalue weighted by Gasteiger charge is 2.48. The first-order valence-electron chi connectivity index (χ1n) is 6.55. The molecule has 3 atom stereocenters. The molecule has 2 N–H and O–H groups in total. The van der Waals surface area contributed by atoms with E-state index in [1.54, 1.807) is 6.92 Å². The first kappa shape index (κ1) is 15.0. The number of aromatic nitrogens is 2. The lowest BCUT2D eigenvalue weighted by atomic mass is 9.94. The van der Waals surface area contributed by atoms with Gasteiger partial charge in [-0.1, -0.05) is 0 Å². The van der Waals surface area contributed by atoms with Crippen molar-refractivity contribution in [1.29, 1.82) is 0 Å². The molecular weight excluding hydrogens is 262 g/mol. The predicted octanol–water partition coefficient (Wildman–Crippen LogP) is -0.555. The number of hydrogen-bond donors (Lipinski definition) is 2. The van der Waals surface area contributed by atoms with Crippen LogP contribution in [0.4, 0.5) is 0 Å². The summed E-state index contributed by atoms with van der Waals surface area (Å²) in [4.78, 5) is 27.8. The van der Waals surface area contributed by atoms with Gasteiger partial charge in [0.05, 0.1) is 18.2 Å². The Morgan fingerprint density at radius 3 is 2.75 bits per heavy atom. The minimum Gasteiger partial charge on any atom is -0.394 e. The molecule has 0 amide bonds. The van der Waals surface area contributed by atoms with Gasteiger partial charge in [0.1, 0.15) is 0 Å². The summed E-state index contributed by atoms with van der Waals surface area (Å²) in [6.07, 6.45) is 1.23. The summed E-state index contributed by atoms with van der Waals surface area (Å²) >= 11 is 0. The van der Waals surface area contributed by atoms with Crippen molar-refractivity contribution in [3.8, 4) is 0 Å². The lowest BCUT2D eigenvalue weighted by molar-refractivity contribution is -0.0599. The van der Waals surface area contributed by atoms with Crippen molar-refractivity contribution in [2.24, 2.45) is 0 Å². The van der Waals surface area contributed by atoms with E-state index in [4.69, 9.17) is 4.74 Å². The van der Waals surface area contributed by atoms with Crippen LogP contribution in [0.15, 0.2) is 15.8 Å². The average molecular weight is 283 g/mol. The van der Waals surface area contributed by atoms with Crippen molar-refractivity contribution in [1.82, 2.24) is 14.5 Å². The number of aliphatic hydroxyl groups is 1. The van der Waals surface area contributed by atoms with Crippen LogP contribution in [0.1, 0.15) is 25.1 Å². The molecule has 1 saturated heterocycles. The maximum absolute atomic E-state index is 12.0. The number of hydrogen-bond acceptors (Lipinski definition) is 5. The Kier molecular flexibility index (Phi) is 3.86. The second-order valence-electron chi connectivity index (χ2n) is 5.73. The zero-order chi connectivity index (χ0) is 15.1. The quantitative estimate of drug-likeness (QED) is 0.777. The fourth-order valence-electron chi connectivity index (χ4n) is 2.58. The normalized spacial score (nSPS) is 30.1. The van der Waals surface area contributed by atoms with Crippen molar-refractivity contribution in [2.75, 3.05) is 20.7 Å². The Hall–Kier alpha value is -1.44. The second-order valence-corrected chi connectivity index (χ2v) is 5.73. The maximum Gasteiger partial charge on any atom is 0.330 e. The molecule has 0 bridgehead atoms. The number of H-pyrrole nitrogens is 1. The molecule has 0 unspecified atom stereocenters. The Morgan fingerprint density at radius 2 is 2.20 bits per heavy atom. The van der Waals surface area contributed by atoms with Crippen LogP contribution >= 0.6 is 0 Å². The molecule has 7 heteroatoms. The van der Waals surface area contributed by atoms with Crippen molar-refractivity contribution in [3.63, 3.8) is 0 Å². The van der Waals surface area contributed by atoms with Gasteiger partial charge in [0.2, 0.25) is 0 Å². The third-order valence-electron chi connectivity index (χ3n) is 4.12. The molecule has 2 heterocycles. The molecule has 2 rings (SSSR count). The van der Waals surface area contributed by atoms with Gasteiger partial charge in [-0.25, -0.2) is 4.79 Å². The van der Waals surface area contributed by atoms with E-state index in [0.717, 1.165) is 0 Å². The Balaban J connectivity index is 2.52. The molecule has 1 aromatic rings. The predicted molar refractivity (Wildman–Crippen MR) is 73.8 cm³/mol. The third kappa shape index (κ3) is 2.32. The van der Waals surface area contributed by atoms with Crippen LogP contribution in [-0.2, 0) is 4.74 Å². The number of aromatic amines is 1. The summed E-state index contributed by atoms with van der Waals surface area (Å²) in [6.45, 7) is 3.51. The summed E-state index contributed by atoms with van der Waals surface area (Å²) in [5, 5.41) is 9.32. The SMILES string of the molecule is Cc1cn([C@@H]2O[C@@H](CO)C[C@@]2(C)N(C)C)c(=O)[nH]c1=O. The summed E-state index contributed by atoms with van der Waals surface area (Å²) in [6, 6.07) is 0. The lowest BCUT2D eigenvalue weighted by Gasteiger charge is -2.37. The van der Waals surface area contributed by atoms with Crippen molar-refractivity contribution >= 4 is 0 Å². The average Bonchev–Trinajstić information content (AvgIpc) is 2.72. The van der Waals surface area contributed by atoms with Crippen LogP contribution in [0, 0.1) is 6.92 Å². The monoisotopic (exact) mass is 283 g/mol. The topological polar surface area (TPSA) is 87.6 Å². The van der Waals surface area contributed by atoms with Crippen LogP contribution < -0.4 is 11.2 Å². The van der Waals surface area contributed by atoms with Gasteiger partial charge in [-0.05, 0) is 34.4 Å². The first-order chi connectivity index (χ1) is 9.29. The van der Waals surface area contributed by atoms with E-state index in [-0.39, 0.29) is 12.7 Å². The fourth-order valence-corrected chi connectivity index (χ4v) is 2.58. The largest absolute Gasteiger partial charge is 0.394 e. The standard InChI is InChI=1S/C13H21N3O4/c1-8-6-16(12(19)14-10(8)18)11-13(2,15(3)4)5-9(7-17)20-11/h6,9,11,17H,5,7H2,1-4H3,(H,14,18,19)/t9-,11-,13-/m1/s1. The van der Waals surface area contributed by atoms with Crippen LogP contribution in [-0.4, -0.2) is 51.9 Å². The lowest BCUT2D eigenvalue weighted by Crippen LogP contribution is -2.49. The van der Waals surface area contributed by atoms with E-state index >= 15 is 0 Å². The van der Waals surface area contributed by atoms with Gasteiger partial charge < -0.3 is 9.84 Å². The van der Waals surface area contributed by atoms with Gasteiger partial charge >= 0.3 is 5.69 Å². The van der Waals surface area contributed by atoms with E-state index < -0.39 is 23.0 Å². The van der Waals surface area contributed by atoms with Crippen molar-refractivity contribution in [3.05, 3.63) is 32.6 Å². The van der Waals surface area contributed by atoms with E-state index in [0.29, 0.717) is 12.0 Å². The first-order valence-corrected chi connectivity index (χ1v) is 6.55.